The monoisotopic (exact) mass is 237 g/mol. The van der Waals surface area contributed by atoms with Crippen LogP contribution in [0.5, 0.6) is 0 Å². The van der Waals surface area contributed by atoms with Gasteiger partial charge in [-0.25, -0.2) is 0 Å². The Morgan fingerprint density at radius 1 is 1.24 bits per heavy atom. The summed E-state index contributed by atoms with van der Waals surface area (Å²) in [5.74, 6) is 2.45. The quantitative estimate of drug-likeness (QED) is 0.736. The molecule has 98 valence electrons. The average molecular weight is 237 g/mol. The van der Waals surface area contributed by atoms with E-state index in [1.807, 2.05) is 0 Å². The van der Waals surface area contributed by atoms with Crippen molar-refractivity contribution in [2.45, 2.75) is 47.0 Å². The van der Waals surface area contributed by atoms with Crippen LogP contribution in [0, 0.1) is 23.2 Å². The molecule has 0 bridgehead atoms. The van der Waals surface area contributed by atoms with Gasteiger partial charge in [-0.1, -0.05) is 27.7 Å². The van der Waals surface area contributed by atoms with Crippen LogP contribution in [-0.4, -0.2) is 30.3 Å². The Kier molecular flexibility index (Phi) is 3.63. The third-order valence-corrected chi connectivity index (χ3v) is 5.05. The van der Waals surface area contributed by atoms with Crippen molar-refractivity contribution < 1.29 is 4.79 Å². The highest BCUT2D eigenvalue weighted by Gasteiger charge is 2.41. The van der Waals surface area contributed by atoms with Gasteiger partial charge >= 0.3 is 0 Å². The Hall–Kier alpha value is -0.370. The molecule has 1 saturated carbocycles. The first-order valence-electron chi connectivity index (χ1n) is 7.17. The number of hydrogen-bond donors (Lipinski definition) is 0. The van der Waals surface area contributed by atoms with E-state index in [2.05, 4.69) is 32.6 Å². The number of carbonyl (C=O) groups is 1. The first kappa shape index (κ1) is 13.1. The van der Waals surface area contributed by atoms with Gasteiger partial charge in [0, 0.05) is 24.4 Å². The highest BCUT2D eigenvalue weighted by atomic mass is 16.1. The highest BCUT2D eigenvalue weighted by Crippen LogP contribution is 2.38. The molecular formula is C15H27NO. The molecule has 2 aliphatic rings. The van der Waals surface area contributed by atoms with Crippen molar-refractivity contribution in [3.63, 3.8) is 0 Å². The summed E-state index contributed by atoms with van der Waals surface area (Å²) >= 11 is 0. The molecule has 2 rings (SSSR count). The summed E-state index contributed by atoms with van der Waals surface area (Å²) in [5, 5.41) is 0. The molecule has 3 atom stereocenters. The van der Waals surface area contributed by atoms with Crippen molar-refractivity contribution in [1.29, 1.82) is 0 Å². The van der Waals surface area contributed by atoms with E-state index in [4.69, 9.17) is 0 Å². The van der Waals surface area contributed by atoms with Crippen LogP contribution in [-0.2, 0) is 4.79 Å². The number of ketones is 1. The van der Waals surface area contributed by atoms with Crippen molar-refractivity contribution in [2.75, 3.05) is 19.6 Å². The SMILES string of the molecule is CC1CCN(CC2CCC(C)(C)C2=O)CC1C. The molecule has 2 fully saturated rings. The lowest BCUT2D eigenvalue weighted by Gasteiger charge is -2.36. The molecule has 1 saturated heterocycles. The second kappa shape index (κ2) is 4.72. The number of piperidine rings is 1. The molecule has 0 spiro atoms. The van der Waals surface area contributed by atoms with Gasteiger partial charge < -0.3 is 4.90 Å². The van der Waals surface area contributed by atoms with Gasteiger partial charge in [0.15, 0.2) is 0 Å². The minimum Gasteiger partial charge on any atom is -0.302 e. The molecule has 2 nitrogen and oxygen atoms in total. The number of hydrogen-bond acceptors (Lipinski definition) is 2. The van der Waals surface area contributed by atoms with Gasteiger partial charge in [0.05, 0.1) is 0 Å². The number of likely N-dealkylation sites (tertiary alicyclic amines) is 1. The minimum atomic E-state index is -0.0562. The van der Waals surface area contributed by atoms with Crippen molar-refractivity contribution in [1.82, 2.24) is 4.90 Å². The molecule has 0 amide bonds. The molecule has 0 aromatic carbocycles. The second-order valence-electron chi connectivity index (χ2n) is 6.99. The topological polar surface area (TPSA) is 20.3 Å². The fourth-order valence-electron chi connectivity index (χ4n) is 3.34. The lowest BCUT2D eigenvalue weighted by Crippen LogP contribution is -2.42. The summed E-state index contributed by atoms with van der Waals surface area (Å²) in [7, 11) is 0. The van der Waals surface area contributed by atoms with Gasteiger partial charge in [-0.3, -0.25) is 4.79 Å². The van der Waals surface area contributed by atoms with Gasteiger partial charge in [-0.05, 0) is 37.6 Å². The summed E-state index contributed by atoms with van der Waals surface area (Å²) in [6, 6.07) is 0. The van der Waals surface area contributed by atoms with E-state index in [1.165, 1.54) is 19.5 Å². The lowest BCUT2D eigenvalue weighted by atomic mass is 9.87. The largest absolute Gasteiger partial charge is 0.302 e. The standard InChI is InChI=1S/C15H27NO/c1-11-6-8-16(9-12(11)2)10-13-5-7-15(3,4)14(13)17/h11-13H,5-10H2,1-4H3. The van der Waals surface area contributed by atoms with E-state index in [0.717, 1.165) is 31.2 Å². The summed E-state index contributed by atoms with van der Waals surface area (Å²) < 4.78 is 0. The molecule has 0 aromatic rings. The molecule has 3 unspecified atom stereocenters. The van der Waals surface area contributed by atoms with Crippen molar-refractivity contribution in [3.05, 3.63) is 0 Å². The number of nitrogens with zero attached hydrogens (tertiary/aromatic N) is 1. The minimum absolute atomic E-state index is 0.0562. The highest BCUT2D eigenvalue weighted by molar-refractivity contribution is 5.88. The Balaban J connectivity index is 1.88. The molecule has 2 heteroatoms. The molecule has 0 N–H and O–H groups in total. The van der Waals surface area contributed by atoms with Crippen LogP contribution < -0.4 is 0 Å². The van der Waals surface area contributed by atoms with Crippen LogP contribution in [0.1, 0.15) is 47.0 Å². The zero-order valence-corrected chi connectivity index (χ0v) is 11.8. The summed E-state index contributed by atoms with van der Waals surface area (Å²) in [4.78, 5) is 14.7. The first-order valence-corrected chi connectivity index (χ1v) is 7.17. The molecule has 0 aromatic heterocycles. The van der Waals surface area contributed by atoms with E-state index in [1.54, 1.807) is 0 Å². The van der Waals surface area contributed by atoms with Crippen LogP contribution in [0.15, 0.2) is 0 Å². The molecule has 17 heavy (non-hydrogen) atoms. The van der Waals surface area contributed by atoms with E-state index in [0.29, 0.717) is 11.7 Å². The zero-order valence-electron chi connectivity index (χ0n) is 11.8. The maximum absolute atomic E-state index is 12.2. The van der Waals surface area contributed by atoms with Crippen LogP contribution in [0.4, 0.5) is 0 Å². The Labute approximate surface area is 106 Å². The second-order valence-corrected chi connectivity index (χ2v) is 6.99. The van der Waals surface area contributed by atoms with E-state index in [-0.39, 0.29) is 5.41 Å². The van der Waals surface area contributed by atoms with Crippen molar-refractivity contribution >= 4 is 5.78 Å². The molecule has 1 heterocycles. The Morgan fingerprint density at radius 3 is 2.47 bits per heavy atom. The predicted molar refractivity (Wildman–Crippen MR) is 70.9 cm³/mol. The fraction of sp³-hybridized carbons (Fsp3) is 0.933. The lowest BCUT2D eigenvalue weighted by molar-refractivity contribution is -0.128. The van der Waals surface area contributed by atoms with Gasteiger partial charge in [0.25, 0.3) is 0 Å². The third kappa shape index (κ3) is 2.73. The smallest absolute Gasteiger partial charge is 0.142 e. The third-order valence-electron chi connectivity index (χ3n) is 5.05. The van der Waals surface area contributed by atoms with Crippen LogP contribution in [0.3, 0.4) is 0 Å². The molecule has 1 aliphatic carbocycles. The van der Waals surface area contributed by atoms with Crippen LogP contribution in [0.2, 0.25) is 0 Å². The van der Waals surface area contributed by atoms with E-state index in [9.17, 15) is 4.79 Å². The zero-order chi connectivity index (χ0) is 12.6. The van der Waals surface area contributed by atoms with Gasteiger partial charge in [0.1, 0.15) is 5.78 Å². The maximum atomic E-state index is 12.2. The predicted octanol–water partition coefficient (Wildman–Crippen LogP) is 2.97. The molecule has 1 aliphatic heterocycles. The summed E-state index contributed by atoms with van der Waals surface area (Å²) in [6.07, 6.45) is 3.48. The van der Waals surface area contributed by atoms with E-state index < -0.39 is 0 Å². The average Bonchev–Trinajstić information content (AvgIpc) is 2.51. The van der Waals surface area contributed by atoms with Crippen molar-refractivity contribution in [2.24, 2.45) is 23.2 Å². The maximum Gasteiger partial charge on any atom is 0.142 e. The van der Waals surface area contributed by atoms with Crippen LogP contribution in [0.25, 0.3) is 0 Å². The number of carbonyl (C=O) groups excluding carboxylic acids is 1. The number of rotatable bonds is 2. The van der Waals surface area contributed by atoms with Gasteiger partial charge in [0.2, 0.25) is 0 Å². The summed E-state index contributed by atoms with van der Waals surface area (Å²) in [6.45, 7) is 12.3. The molecule has 0 radical (unpaired) electrons. The normalized spacial score (nSPS) is 38.6. The Morgan fingerprint density at radius 2 is 1.94 bits per heavy atom. The van der Waals surface area contributed by atoms with E-state index >= 15 is 0 Å². The van der Waals surface area contributed by atoms with Crippen LogP contribution >= 0.6 is 0 Å². The molecular weight excluding hydrogens is 210 g/mol. The number of Topliss-reactive ketones (excluding diaryl/α,β-unsaturated/α-hetero) is 1. The van der Waals surface area contributed by atoms with Crippen molar-refractivity contribution in [3.8, 4) is 0 Å². The fourth-order valence-corrected chi connectivity index (χ4v) is 3.34. The Bertz CT molecular complexity index is 297. The van der Waals surface area contributed by atoms with Gasteiger partial charge in [-0.2, -0.15) is 0 Å². The first-order chi connectivity index (χ1) is 7.90. The summed E-state index contributed by atoms with van der Waals surface area (Å²) in [5.41, 5.74) is -0.0562. The van der Waals surface area contributed by atoms with Gasteiger partial charge in [-0.15, -0.1) is 0 Å².